The predicted octanol–water partition coefficient (Wildman–Crippen LogP) is 5.31. The molecule has 0 radical (unpaired) electrons. The second kappa shape index (κ2) is 5.95. The molecular formula is C14H10Br3NO2. The van der Waals surface area contributed by atoms with E-state index in [9.17, 15) is 0 Å². The average molecular weight is 464 g/mol. The molecule has 0 spiro atoms. The Morgan fingerprint density at radius 2 is 1.70 bits per heavy atom. The van der Waals surface area contributed by atoms with Crippen LogP contribution in [0.5, 0.6) is 11.5 Å². The summed E-state index contributed by atoms with van der Waals surface area (Å²) in [7, 11) is 0. The van der Waals surface area contributed by atoms with E-state index in [1.165, 1.54) is 0 Å². The Labute approximate surface area is 142 Å². The van der Waals surface area contributed by atoms with Crippen molar-refractivity contribution in [2.24, 2.45) is 0 Å². The highest BCUT2D eigenvalue weighted by molar-refractivity contribution is 9.11. The Morgan fingerprint density at radius 3 is 2.50 bits per heavy atom. The van der Waals surface area contributed by atoms with E-state index in [1.54, 1.807) is 0 Å². The molecule has 0 atom stereocenters. The van der Waals surface area contributed by atoms with Gasteiger partial charge in [-0.1, -0.05) is 31.9 Å². The van der Waals surface area contributed by atoms with Gasteiger partial charge in [0.1, 0.15) is 0 Å². The second-order valence-electron chi connectivity index (χ2n) is 4.27. The fraction of sp³-hybridized carbons (Fsp3) is 0.143. The first kappa shape index (κ1) is 14.2. The van der Waals surface area contributed by atoms with Crippen molar-refractivity contribution in [3.63, 3.8) is 0 Å². The van der Waals surface area contributed by atoms with E-state index in [0.29, 0.717) is 6.54 Å². The highest BCUT2D eigenvalue weighted by Crippen LogP contribution is 2.37. The van der Waals surface area contributed by atoms with Gasteiger partial charge < -0.3 is 14.8 Å². The Kier molecular flexibility index (Phi) is 4.23. The van der Waals surface area contributed by atoms with Crippen molar-refractivity contribution in [1.29, 1.82) is 0 Å². The van der Waals surface area contributed by atoms with Gasteiger partial charge in [0.2, 0.25) is 6.79 Å². The lowest BCUT2D eigenvalue weighted by Gasteiger charge is -2.11. The van der Waals surface area contributed by atoms with Crippen LogP contribution in [0, 0.1) is 0 Å². The zero-order chi connectivity index (χ0) is 14.1. The SMILES string of the molecule is Brc1ccc(Br)c(NCc2cc3c(cc2Br)OCO3)c1. The van der Waals surface area contributed by atoms with Crippen LogP contribution in [0.3, 0.4) is 0 Å². The molecule has 0 saturated heterocycles. The van der Waals surface area contributed by atoms with Gasteiger partial charge in [-0.15, -0.1) is 0 Å². The smallest absolute Gasteiger partial charge is 0.231 e. The van der Waals surface area contributed by atoms with Crippen molar-refractivity contribution in [2.45, 2.75) is 6.54 Å². The third kappa shape index (κ3) is 2.97. The summed E-state index contributed by atoms with van der Waals surface area (Å²) in [5.74, 6) is 1.57. The van der Waals surface area contributed by atoms with Crippen LogP contribution in [0.2, 0.25) is 0 Å². The second-order valence-corrected chi connectivity index (χ2v) is 6.90. The first-order valence-electron chi connectivity index (χ1n) is 5.90. The fourth-order valence-electron chi connectivity index (χ4n) is 1.92. The molecule has 20 heavy (non-hydrogen) atoms. The number of ether oxygens (including phenoxy) is 2. The number of nitrogens with one attached hydrogen (secondary N) is 1. The highest BCUT2D eigenvalue weighted by Gasteiger charge is 2.16. The minimum Gasteiger partial charge on any atom is -0.454 e. The van der Waals surface area contributed by atoms with E-state index in [0.717, 1.165) is 36.2 Å². The lowest BCUT2D eigenvalue weighted by atomic mass is 10.2. The zero-order valence-corrected chi connectivity index (χ0v) is 15.0. The van der Waals surface area contributed by atoms with Crippen LogP contribution < -0.4 is 14.8 Å². The summed E-state index contributed by atoms with van der Waals surface area (Å²) in [5.41, 5.74) is 2.14. The third-order valence-electron chi connectivity index (χ3n) is 2.94. The molecule has 1 aliphatic rings. The van der Waals surface area contributed by atoms with E-state index >= 15 is 0 Å². The van der Waals surface area contributed by atoms with Crippen molar-refractivity contribution in [1.82, 2.24) is 0 Å². The summed E-state index contributed by atoms with van der Waals surface area (Å²) in [6, 6.07) is 9.96. The molecule has 1 heterocycles. The fourth-order valence-corrected chi connectivity index (χ4v) is 3.13. The van der Waals surface area contributed by atoms with E-state index in [2.05, 4.69) is 53.1 Å². The van der Waals surface area contributed by atoms with Crippen molar-refractivity contribution in [3.05, 3.63) is 49.3 Å². The number of hydrogen-bond donors (Lipinski definition) is 1. The molecule has 0 unspecified atom stereocenters. The molecule has 0 bridgehead atoms. The summed E-state index contributed by atoms with van der Waals surface area (Å²) < 4.78 is 13.8. The summed E-state index contributed by atoms with van der Waals surface area (Å²) in [5, 5.41) is 3.40. The maximum Gasteiger partial charge on any atom is 0.231 e. The van der Waals surface area contributed by atoms with Gasteiger partial charge in [-0.2, -0.15) is 0 Å². The predicted molar refractivity (Wildman–Crippen MR) is 89.4 cm³/mol. The van der Waals surface area contributed by atoms with Crippen LogP contribution in [-0.4, -0.2) is 6.79 Å². The molecule has 2 aromatic carbocycles. The molecular weight excluding hydrogens is 454 g/mol. The molecule has 0 aromatic heterocycles. The van der Waals surface area contributed by atoms with E-state index in [-0.39, 0.29) is 6.79 Å². The number of fused-ring (bicyclic) bond motifs is 1. The van der Waals surface area contributed by atoms with Gasteiger partial charge in [0.15, 0.2) is 11.5 Å². The lowest BCUT2D eigenvalue weighted by Crippen LogP contribution is -2.01. The van der Waals surface area contributed by atoms with E-state index in [4.69, 9.17) is 9.47 Å². The van der Waals surface area contributed by atoms with Gasteiger partial charge in [0, 0.05) is 25.7 Å². The Balaban J connectivity index is 1.80. The molecule has 1 aliphatic heterocycles. The van der Waals surface area contributed by atoms with Gasteiger partial charge >= 0.3 is 0 Å². The number of benzene rings is 2. The number of anilines is 1. The largest absolute Gasteiger partial charge is 0.454 e. The van der Waals surface area contributed by atoms with Crippen LogP contribution in [0.15, 0.2) is 43.7 Å². The standard InChI is InChI=1S/C14H10Br3NO2/c15-9-1-2-10(16)12(4-9)18-6-8-3-13-14(5-11(8)17)20-7-19-13/h1-5,18H,6-7H2. The van der Waals surface area contributed by atoms with Crippen molar-refractivity contribution >= 4 is 53.5 Å². The van der Waals surface area contributed by atoms with Crippen LogP contribution in [0.1, 0.15) is 5.56 Å². The van der Waals surface area contributed by atoms with Crippen LogP contribution in [0.4, 0.5) is 5.69 Å². The van der Waals surface area contributed by atoms with Gasteiger partial charge in [-0.05, 0) is 51.8 Å². The van der Waals surface area contributed by atoms with Crippen molar-refractivity contribution in [2.75, 3.05) is 12.1 Å². The topological polar surface area (TPSA) is 30.5 Å². The monoisotopic (exact) mass is 461 g/mol. The molecule has 6 heteroatoms. The lowest BCUT2D eigenvalue weighted by molar-refractivity contribution is 0.174. The quantitative estimate of drug-likeness (QED) is 0.668. The maximum atomic E-state index is 5.40. The minimum atomic E-state index is 0.288. The van der Waals surface area contributed by atoms with Gasteiger partial charge in [-0.3, -0.25) is 0 Å². The highest BCUT2D eigenvalue weighted by atomic mass is 79.9. The molecule has 0 aliphatic carbocycles. The van der Waals surface area contributed by atoms with Gasteiger partial charge in [-0.25, -0.2) is 0 Å². The molecule has 3 rings (SSSR count). The molecule has 1 N–H and O–H groups in total. The van der Waals surface area contributed by atoms with E-state index in [1.807, 2.05) is 30.3 Å². The van der Waals surface area contributed by atoms with Crippen LogP contribution >= 0.6 is 47.8 Å². The number of hydrogen-bond acceptors (Lipinski definition) is 3. The summed E-state index contributed by atoms with van der Waals surface area (Å²) in [4.78, 5) is 0. The summed E-state index contributed by atoms with van der Waals surface area (Å²) in [6.07, 6.45) is 0. The molecule has 0 saturated carbocycles. The molecule has 0 amide bonds. The minimum absolute atomic E-state index is 0.288. The average Bonchev–Trinajstić information content (AvgIpc) is 2.86. The van der Waals surface area contributed by atoms with Crippen LogP contribution in [0.25, 0.3) is 0 Å². The summed E-state index contributed by atoms with van der Waals surface area (Å²) in [6.45, 7) is 0.974. The Bertz CT molecular complexity index is 661. The third-order valence-corrected chi connectivity index (χ3v) is 4.86. The number of rotatable bonds is 3. The Hall–Kier alpha value is -0.720. The first-order chi connectivity index (χ1) is 9.63. The molecule has 0 fully saturated rings. The van der Waals surface area contributed by atoms with Gasteiger partial charge in [0.05, 0.1) is 0 Å². The normalized spacial score (nSPS) is 12.6. The zero-order valence-electron chi connectivity index (χ0n) is 10.3. The first-order valence-corrected chi connectivity index (χ1v) is 8.28. The molecule has 3 nitrogen and oxygen atoms in total. The summed E-state index contributed by atoms with van der Waals surface area (Å²) >= 11 is 10.6. The van der Waals surface area contributed by atoms with E-state index < -0.39 is 0 Å². The van der Waals surface area contributed by atoms with Crippen molar-refractivity contribution in [3.8, 4) is 11.5 Å². The number of halogens is 3. The molecule has 104 valence electrons. The maximum absolute atomic E-state index is 5.40. The Morgan fingerprint density at radius 1 is 0.950 bits per heavy atom. The van der Waals surface area contributed by atoms with Crippen molar-refractivity contribution < 1.29 is 9.47 Å². The van der Waals surface area contributed by atoms with Gasteiger partial charge in [0.25, 0.3) is 0 Å². The van der Waals surface area contributed by atoms with Crippen LogP contribution in [-0.2, 0) is 6.54 Å². The molecule has 2 aromatic rings.